The molecule has 0 heterocycles. The van der Waals surface area contributed by atoms with Gasteiger partial charge in [0.25, 0.3) is 5.91 Å². The number of rotatable bonds is 4. The quantitative estimate of drug-likeness (QED) is 0.915. The first-order chi connectivity index (χ1) is 9.54. The molecule has 0 bridgehead atoms. The van der Waals surface area contributed by atoms with Gasteiger partial charge in [0.1, 0.15) is 5.75 Å². The van der Waals surface area contributed by atoms with Crippen LogP contribution in [0.2, 0.25) is 0 Å². The Kier molecular flexibility index (Phi) is 5.05. The van der Waals surface area contributed by atoms with Gasteiger partial charge in [0.2, 0.25) is 0 Å². The van der Waals surface area contributed by atoms with Gasteiger partial charge in [-0.05, 0) is 55.9 Å². The van der Waals surface area contributed by atoms with Crippen LogP contribution in [0.15, 0.2) is 18.2 Å². The van der Waals surface area contributed by atoms with Crippen molar-refractivity contribution in [2.75, 3.05) is 6.61 Å². The Bertz CT molecular complexity index is 450. The smallest absolute Gasteiger partial charge is 0.258 e. The number of carbonyl (C=O) groups excluding carboxylic acids is 1. The number of carbonyl (C=O) groups is 1. The van der Waals surface area contributed by atoms with Gasteiger partial charge in [0, 0.05) is 6.04 Å². The van der Waals surface area contributed by atoms with Crippen molar-refractivity contribution < 1.29 is 9.53 Å². The Morgan fingerprint density at radius 2 is 1.85 bits per heavy atom. The summed E-state index contributed by atoms with van der Waals surface area (Å²) in [6.07, 6.45) is 4.80. The second kappa shape index (κ2) is 6.78. The van der Waals surface area contributed by atoms with E-state index in [-0.39, 0.29) is 12.5 Å². The maximum Gasteiger partial charge on any atom is 0.258 e. The third-order valence-corrected chi connectivity index (χ3v) is 4.02. The molecular formula is C17H25NO2. The number of benzene rings is 1. The Morgan fingerprint density at radius 3 is 2.50 bits per heavy atom. The molecule has 0 aliphatic heterocycles. The van der Waals surface area contributed by atoms with Crippen molar-refractivity contribution in [3.63, 3.8) is 0 Å². The predicted molar refractivity (Wildman–Crippen MR) is 81.0 cm³/mol. The van der Waals surface area contributed by atoms with Gasteiger partial charge in [-0.1, -0.05) is 25.8 Å². The minimum atomic E-state index is -0.0112. The highest BCUT2D eigenvalue weighted by atomic mass is 16.5. The lowest BCUT2D eigenvalue weighted by molar-refractivity contribution is -0.124. The van der Waals surface area contributed by atoms with E-state index < -0.39 is 0 Å². The average molecular weight is 275 g/mol. The van der Waals surface area contributed by atoms with Crippen LogP contribution in [-0.2, 0) is 4.79 Å². The number of hydrogen-bond acceptors (Lipinski definition) is 2. The molecule has 0 aromatic heterocycles. The van der Waals surface area contributed by atoms with Crippen LogP contribution in [0.5, 0.6) is 5.75 Å². The third kappa shape index (κ3) is 4.26. The third-order valence-electron chi connectivity index (χ3n) is 4.02. The van der Waals surface area contributed by atoms with E-state index in [9.17, 15) is 4.79 Å². The Morgan fingerprint density at radius 1 is 1.20 bits per heavy atom. The summed E-state index contributed by atoms with van der Waals surface area (Å²) in [6, 6.07) is 6.34. The van der Waals surface area contributed by atoms with Gasteiger partial charge in [0.15, 0.2) is 6.61 Å². The van der Waals surface area contributed by atoms with Crippen molar-refractivity contribution in [1.29, 1.82) is 0 Å². The first kappa shape index (κ1) is 14.9. The summed E-state index contributed by atoms with van der Waals surface area (Å²) in [6.45, 7) is 6.38. The zero-order chi connectivity index (χ0) is 14.5. The molecule has 1 aromatic rings. The Balaban J connectivity index is 1.82. The van der Waals surface area contributed by atoms with E-state index in [2.05, 4.69) is 18.3 Å². The minimum Gasteiger partial charge on any atom is -0.484 e. The molecule has 1 aliphatic rings. The van der Waals surface area contributed by atoms with Crippen LogP contribution < -0.4 is 10.1 Å². The molecule has 1 N–H and O–H groups in total. The number of ether oxygens (including phenoxy) is 1. The summed E-state index contributed by atoms with van der Waals surface area (Å²) in [7, 11) is 0. The van der Waals surface area contributed by atoms with Gasteiger partial charge < -0.3 is 10.1 Å². The van der Waals surface area contributed by atoms with Crippen LogP contribution in [0.3, 0.4) is 0 Å². The fourth-order valence-corrected chi connectivity index (χ4v) is 2.94. The van der Waals surface area contributed by atoms with E-state index in [1.54, 1.807) is 0 Å². The average Bonchev–Trinajstić information content (AvgIpc) is 2.38. The molecule has 20 heavy (non-hydrogen) atoms. The number of nitrogens with one attached hydrogen (secondary N) is 1. The van der Waals surface area contributed by atoms with Crippen molar-refractivity contribution in [2.24, 2.45) is 5.92 Å². The summed E-state index contributed by atoms with van der Waals surface area (Å²) in [5.41, 5.74) is 2.31. The molecule has 0 radical (unpaired) electrons. The van der Waals surface area contributed by atoms with Crippen LogP contribution in [0.1, 0.15) is 43.7 Å². The summed E-state index contributed by atoms with van der Waals surface area (Å²) in [5.74, 6) is 1.34. The first-order valence-corrected chi connectivity index (χ1v) is 7.55. The van der Waals surface area contributed by atoms with E-state index in [1.165, 1.54) is 19.3 Å². The summed E-state index contributed by atoms with van der Waals surface area (Å²) >= 11 is 0. The zero-order valence-electron chi connectivity index (χ0n) is 12.7. The molecule has 0 spiro atoms. The normalized spacial score (nSPS) is 22.4. The lowest BCUT2D eigenvalue weighted by atomic mass is 9.86. The van der Waals surface area contributed by atoms with Gasteiger partial charge >= 0.3 is 0 Å². The Hall–Kier alpha value is -1.51. The largest absolute Gasteiger partial charge is 0.484 e. The highest BCUT2D eigenvalue weighted by Gasteiger charge is 2.22. The van der Waals surface area contributed by atoms with Crippen molar-refractivity contribution in [1.82, 2.24) is 5.32 Å². The molecule has 110 valence electrons. The topological polar surface area (TPSA) is 38.3 Å². The maximum absolute atomic E-state index is 12.0. The molecule has 1 aliphatic carbocycles. The van der Waals surface area contributed by atoms with E-state index in [0.717, 1.165) is 23.3 Å². The molecule has 2 rings (SSSR count). The SMILES string of the molecule is Cc1cc(C)cc(OCC(=O)N[C@@H]2CCCC[C@H]2C)c1. The predicted octanol–water partition coefficient (Wildman–Crippen LogP) is 3.38. The number of amides is 1. The van der Waals surface area contributed by atoms with Crippen LogP contribution in [0.25, 0.3) is 0 Å². The van der Waals surface area contributed by atoms with Crippen LogP contribution in [0, 0.1) is 19.8 Å². The first-order valence-electron chi connectivity index (χ1n) is 7.55. The van der Waals surface area contributed by atoms with Crippen molar-refractivity contribution in [3.8, 4) is 5.75 Å². The highest BCUT2D eigenvalue weighted by Crippen LogP contribution is 2.23. The van der Waals surface area contributed by atoms with Crippen molar-refractivity contribution in [2.45, 2.75) is 52.5 Å². The summed E-state index contributed by atoms with van der Waals surface area (Å²) in [4.78, 5) is 12.0. The van der Waals surface area contributed by atoms with Crippen LogP contribution in [-0.4, -0.2) is 18.6 Å². The van der Waals surface area contributed by atoms with Gasteiger partial charge in [-0.3, -0.25) is 4.79 Å². The van der Waals surface area contributed by atoms with Crippen molar-refractivity contribution >= 4 is 5.91 Å². The van der Waals surface area contributed by atoms with Gasteiger partial charge in [-0.15, -0.1) is 0 Å². The van der Waals surface area contributed by atoms with E-state index in [1.807, 2.05) is 26.0 Å². The number of hydrogen-bond donors (Lipinski definition) is 1. The van der Waals surface area contributed by atoms with Gasteiger partial charge in [0.05, 0.1) is 0 Å². The highest BCUT2D eigenvalue weighted by molar-refractivity contribution is 5.77. The Labute approximate surface area is 121 Å². The molecule has 0 saturated heterocycles. The fourth-order valence-electron chi connectivity index (χ4n) is 2.94. The van der Waals surface area contributed by atoms with E-state index in [4.69, 9.17) is 4.74 Å². The summed E-state index contributed by atoms with van der Waals surface area (Å²) in [5, 5.41) is 3.10. The molecule has 1 aromatic carbocycles. The van der Waals surface area contributed by atoms with E-state index in [0.29, 0.717) is 12.0 Å². The second-order valence-corrected chi connectivity index (χ2v) is 6.05. The minimum absolute atomic E-state index is 0.0112. The molecule has 1 fully saturated rings. The lowest BCUT2D eigenvalue weighted by Gasteiger charge is -2.29. The molecule has 0 unspecified atom stereocenters. The van der Waals surface area contributed by atoms with E-state index >= 15 is 0 Å². The fraction of sp³-hybridized carbons (Fsp3) is 0.588. The lowest BCUT2D eigenvalue weighted by Crippen LogP contribution is -2.43. The molecule has 2 atom stereocenters. The molecule has 1 amide bonds. The van der Waals surface area contributed by atoms with Crippen molar-refractivity contribution in [3.05, 3.63) is 29.3 Å². The van der Waals surface area contributed by atoms with Crippen LogP contribution >= 0.6 is 0 Å². The zero-order valence-corrected chi connectivity index (χ0v) is 12.7. The van der Waals surface area contributed by atoms with Crippen LogP contribution in [0.4, 0.5) is 0 Å². The molecule has 3 nitrogen and oxygen atoms in total. The van der Waals surface area contributed by atoms with Gasteiger partial charge in [-0.25, -0.2) is 0 Å². The summed E-state index contributed by atoms with van der Waals surface area (Å²) < 4.78 is 5.59. The maximum atomic E-state index is 12.0. The van der Waals surface area contributed by atoms with Gasteiger partial charge in [-0.2, -0.15) is 0 Å². The standard InChI is InChI=1S/C17H25NO2/c1-12-8-13(2)10-15(9-12)20-11-17(19)18-16-7-5-4-6-14(16)3/h8-10,14,16H,4-7,11H2,1-3H3,(H,18,19)/t14-,16-/m1/s1. The molecule has 1 saturated carbocycles. The molecular weight excluding hydrogens is 250 g/mol. The monoisotopic (exact) mass is 275 g/mol. The number of aryl methyl sites for hydroxylation is 2. The molecule has 3 heteroatoms. The second-order valence-electron chi connectivity index (χ2n) is 6.05.